The summed E-state index contributed by atoms with van der Waals surface area (Å²) in [7, 11) is 0. The normalized spacial score (nSPS) is 11.8. The monoisotopic (exact) mass is 433 g/mol. The lowest BCUT2D eigenvalue weighted by Gasteiger charge is -2.19. The number of aromatic nitrogens is 2. The highest BCUT2D eigenvalue weighted by molar-refractivity contribution is 7.99. The molecule has 0 saturated heterocycles. The molecule has 3 aromatic carbocycles. The van der Waals surface area contributed by atoms with Gasteiger partial charge in [-0.25, -0.2) is 4.39 Å². The Kier molecular flexibility index (Phi) is 6.74. The van der Waals surface area contributed by atoms with E-state index in [2.05, 4.69) is 15.5 Å². The molecule has 4 rings (SSSR count). The number of amides is 1. The quantitative estimate of drug-likeness (QED) is 0.393. The van der Waals surface area contributed by atoms with Crippen LogP contribution in [-0.4, -0.2) is 21.9 Å². The lowest BCUT2D eigenvalue weighted by Crippen LogP contribution is -2.31. The molecular formula is C24H20FN3O2S. The first-order valence-electron chi connectivity index (χ1n) is 9.78. The molecule has 0 saturated carbocycles. The van der Waals surface area contributed by atoms with E-state index in [-0.39, 0.29) is 34.4 Å². The van der Waals surface area contributed by atoms with Gasteiger partial charge in [-0.15, -0.1) is 10.2 Å². The van der Waals surface area contributed by atoms with Gasteiger partial charge in [-0.05, 0) is 29.7 Å². The standard InChI is InChI=1S/C24H20FN3O2S/c25-20-14-8-7-13-19(20)23-27-28-24(30-23)31-16-22(29)26-21(18-11-5-2-6-12-18)15-17-9-3-1-4-10-17/h1-14,21H,15-16H2,(H,26,29)/t21-/m0/s1. The molecule has 0 aliphatic heterocycles. The van der Waals surface area contributed by atoms with Gasteiger partial charge in [0, 0.05) is 0 Å². The highest BCUT2D eigenvalue weighted by atomic mass is 32.2. The van der Waals surface area contributed by atoms with Crippen molar-refractivity contribution in [2.45, 2.75) is 17.7 Å². The molecule has 1 amide bonds. The Morgan fingerprint density at radius 3 is 2.35 bits per heavy atom. The van der Waals surface area contributed by atoms with E-state index in [1.807, 2.05) is 60.7 Å². The molecule has 1 N–H and O–H groups in total. The molecule has 5 nitrogen and oxygen atoms in total. The predicted molar refractivity (Wildman–Crippen MR) is 118 cm³/mol. The van der Waals surface area contributed by atoms with Crippen molar-refractivity contribution in [3.8, 4) is 11.5 Å². The minimum Gasteiger partial charge on any atom is -0.411 e. The van der Waals surface area contributed by atoms with Gasteiger partial charge in [0.1, 0.15) is 5.82 Å². The molecule has 0 spiro atoms. The third kappa shape index (κ3) is 5.58. The first-order chi connectivity index (χ1) is 15.2. The summed E-state index contributed by atoms with van der Waals surface area (Å²) in [6.07, 6.45) is 0.680. The Labute approximate surface area is 183 Å². The first kappa shape index (κ1) is 20.8. The summed E-state index contributed by atoms with van der Waals surface area (Å²) in [5, 5.41) is 11.1. The van der Waals surface area contributed by atoms with Crippen LogP contribution < -0.4 is 5.32 Å². The van der Waals surface area contributed by atoms with Crippen molar-refractivity contribution in [1.82, 2.24) is 15.5 Å². The van der Waals surface area contributed by atoms with Gasteiger partial charge in [-0.1, -0.05) is 84.6 Å². The third-order valence-electron chi connectivity index (χ3n) is 4.66. The van der Waals surface area contributed by atoms with Gasteiger partial charge < -0.3 is 9.73 Å². The molecule has 0 radical (unpaired) electrons. The summed E-state index contributed by atoms with van der Waals surface area (Å²) in [5.74, 6) is -0.392. The number of nitrogens with zero attached hydrogens (tertiary/aromatic N) is 2. The Morgan fingerprint density at radius 2 is 1.61 bits per heavy atom. The van der Waals surface area contributed by atoms with Crippen molar-refractivity contribution in [2.24, 2.45) is 0 Å². The first-order valence-corrected chi connectivity index (χ1v) is 10.8. The predicted octanol–water partition coefficient (Wildman–Crippen LogP) is 5.07. The van der Waals surface area contributed by atoms with E-state index in [4.69, 9.17) is 4.42 Å². The molecule has 4 aromatic rings. The van der Waals surface area contributed by atoms with Crippen LogP contribution in [0, 0.1) is 5.82 Å². The molecule has 31 heavy (non-hydrogen) atoms. The van der Waals surface area contributed by atoms with Gasteiger partial charge in [0.15, 0.2) is 0 Å². The SMILES string of the molecule is O=C(CSc1nnc(-c2ccccc2F)o1)N[C@@H](Cc1ccccc1)c1ccccc1. The molecule has 0 bridgehead atoms. The van der Waals surface area contributed by atoms with Crippen LogP contribution in [0.5, 0.6) is 0 Å². The minimum atomic E-state index is -0.438. The van der Waals surface area contributed by atoms with Gasteiger partial charge >= 0.3 is 0 Å². The number of nitrogens with one attached hydrogen (secondary N) is 1. The van der Waals surface area contributed by atoms with Gasteiger partial charge in [0.05, 0.1) is 17.4 Å². The lowest BCUT2D eigenvalue weighted by atomic mass is 9.99. The summed E-state index contributed by atoms with van der Waals surface area (Å²) in [6.45, 7) is 0. The topological polar surface area (TPSA) is 68.0 Å². The number of rotatable bonds is 8. The highest BCUT2D eigenvalue weighted by Crippen LogP contribution is 2.25. The van der Waals surface area contributed by atoms with Crippen molar-refractivity contribution in [3.05, 3.63) is 102 Å². The number of carbonyl (C=O) groups is 1. The molecule has 0 aliphatic carbocycles. The van der Waals surface area contributed by atoms with Crippen LogP contribution >= 0.6 is 11.8 Å². The van der Waals surface area contributed by atoms with Gasteiger partial charge in [0.2, 0.25) is 5.91 Å². The van der Waals surface area contributed by atoms with Crippen LogP contribution in [0.4, 0.5) is 4.39 Å². The van der Waals surface area contributed by atoms with Crippen LogP contribution in [0.2, 0.25) is 0 Å². The zero-order chi connectivity index (χ0) is 21.5. The van der Waals surface area contributed by atoms with Gasteiger partial charge in [-0.2, -0.15) is 0 Å². The molecule has 0 aliphatic rings. The minimum absolute atomic E-state index is 0.0900. The summed E-state index contributed by atoms with van der Waals surface area (Å²) >= 11 is 1.12. The summed E-state index contributed by atoms with van der Waals surface area (Å²) in [6, 6.07) is 25.9. The van der Waals surface area contributed by atoms with E-state index >= 15 is 0 Å². The number of halogens is 1. The number of thioether (sulfide) groups is 1. The molecule has 7 heteroatoms. The largest absolute Gasteiger partial charge is 0.411 e. The Bertz CT molecular complexity index is 1140. The summed E-state index contributed by atoms with van der Waals surface area (Å²) in [4.78, 5) is 12.6. The number of benzene rings is 3. The second-order valence-electron chi connectivity index (χ2n) is 6.86. The molecule has 0 fully saturated rings. The van der Waals surface area contributed by atoms with Gasteiger partial charge in [-0.3, -0.25) is 4.79 Å². The smallest absolute Gasteiger partial charge is 0.277 e. The Balaban J connectivity index is 1.40. The van der Waals surface area contributed by atoms with Crippen molar-refractivity contribution in [3.63, 3.8) is 0 Å². The average molecular weight is 434 g/mol. The third-order valence-corrected chi connectivity index (χ3v) is 5.48. The zero-order valence-corrected chi connectivity index (χ0v) is 17.4. The van der Waals surface area contributed by atoms with Crippen molar-refractivity contribution < 1.29 is 13.6 Å². The van der Waals surface area contributed by atoms with Crippen LogP contribution in [-0.2, 0) is 11.2 Å². The fourth-order valence-electron chi connectivity index (χ4n) is 3.16. The van der Waals surface area contributed by atoms with Gasteiger partial charge in [0.25, 0.3) is 11.1 Å². The Morgan fingerprint density at radius 1 is 0.935 bits per heavy atom. The van der Waals surface area contributed by atoms with Crippen molar-refractivity contribution in [2.75, 3.05) is 5.75 Å². The van der Waals surface area contributed by atoms with Crippen molar-refractivity contribution >= 4 is 17.7 Å². The van der Waals surface area contributed by atoms with Crippen LogP contribution in [0.1, 0.15) is 17.2 Å². The number of carbonyl (C=O) groups excluding carboxylic acids is 1. The number of hydrogen-bond acceptors (Lipinski definition) is 5. The zero-order valence-electron chi connectivity index (χ0n) is 16.6. The fraction of sp³-hybridized carbons (Fsp3) is 0.125. The molecular weight excluding hydrogens is 413 g/mol. The maximum atomic E-state index is 13.9. The average Bonchev–Trinajstić information content (AvgIpc) is 3.28. The van der Waals surface area contributed by atoms with Crippen LogP contribution in [0.25, 0.3) is 11.5 Å². The number of hydrogen-bond donors (Lipinski definition) is 1. The summed E-state index contributed by atoms with van der Waals surface area (Å²) < 4.78 is 19.4. The van der Waals surface area contributed by atoms with Crippen molar-refractivity contribution in [1.29, 1.82) is 0 Å². The maximum Gasteiger partial charge on any atom is 0.277 e. The maximum absolute atomic E-state index is 13.9. The fourth-order valence-corrected chi connectivity index (χ4v) is 3.74. The molecule has 156 valence electrons. The molecule has 0 unspecified atom stereocenters. The Hall–Kier alpha value is -3.45. The van der Waals surface area contributed by atoms with E-state index in [1.165, 1.54) is 6.07 Å². The van der Waals surface area contributed by atoms with E-state index in [1.54, 1.807) is 18.2 Å². The van der Waals surface area contributed by atoms with E-state index < -0.39 is 5.82 Å². The second kappa shape index (κ2) is 10.0. The summed E-state index contributed by atoms with van der Waals surface area (Å²) in [5.41, 5.74) is 2.40. The second-order valence-corrected chi connectivity index (χ2v) is 7.79. The molecule has 1 aromatic heterocycles. The van der Waals surface area contributed by atoms with Crippen LogP contribution in [0.15, 0.2) is 94.6 Å². The lowest BCUT2D eigenvalue weighted by molar-refractivity contribution is -0.119. The molecule has 1 heterocycles. The van der Waals surface area contributed by atoms with E-state index in [0.717, 1.165) is 22.9 Å². The molecule has 1 atom stereocenters. The van der Waals surface area contributed by atoms with Crippen LogP contribution in [0.3, 0.4) is 0 Å². The highest BCUT2D eigenvalue weighted by Gasteiger charge is 2.17. The van der Waals surface area contributed by atoms with E-state index in [0.29, 0.717) is 6.42 Å². The van der Waals surface area contributed by atoms with E-state index in [9.17, 15) is 9.18 Å².